The Morgan fingerprint density at radius 2 is 1.64 bits per heavy atom. The van der Waals surface area contributed by atoms with Crippen LogP contribution in [0.5, 0.6) is 5.75 Å². The van der Waals surface area contributed by atoms with E-state index in [0.717, 1.165) is 28.1 Å². The quantitative estimate of drug-likeness (QED) is 0.589. The lowest BCUT2D eigenvalue weighted by atomic mass is 10.1. The maximum Gasteiger partial charge on any atom is 0.260 e. The summed E-state index contributed by atoms with van der Waals surface area (Å²) in [6.07, 6.45) is 2.49. The summed E-state index contributed by atoms with van der Waals surface area (Å²) >= 11 is 0. The summed E-state index contributed by atoms with van der Waals surface area (Å²) in [7, 11) is 0. The largest absolute Gasteiger partial charge is 0.483 e. The van der Waals surface area contributed by atoms with Crippen molar-refractivity contribution in [2.75, 3.05) is 13.2 Å². The number of pyridine rings is 1. The van der Waals surface area contributed by atoms with Gasteiger partial charge < -0.3 is 9.64 Å². The third kappa shape index (κ3) is 5.43. The molecule has 0 aliphatic heterocycles. The molecule has 1 amide bonds. The number of aryl methyl sites for hydroxylation is 2. The Labute approximate surface area is 166 Å². The third-order valence-electron chi connectivity index (χ3n) is 4.68. The normalized spacial score (nSPS) is 10.5. The van der Waals surface area contributed by atoms with E-state index in [2.05, 4.69) is 4.98 Å². The number of hydrogen-bond donors (Lipinski definition) is 0. The van der Waals surface area contributed by atoms with Crippen LogP contribution in [0.4, 0.5) is 0 Å². The number of rotatable bonds is 8. The van der Waals surface area contributed by atoms with Gasteiger partial charge in [0, 0.05) is 31.4 Å². The predicted molar refractivity (Wildman–Crippen MR) is 111 cm³/mol. The summed E-state index contributed by atoms with van der Waals surface area (Å²) in [4.78, 5) is 19.2. The number of hydrogen-bond acceptors (Lipinski definition) is 3. The van der Waals surface area contributed by atoms with E-state index in [0.29, 0.717) is 19.5 Å². The fourth-order valence-electron chi connectivity index (χ4n) is 3.14. The van der Waals surface area contributed by atoms with Gasteiger partial charge in [0.25, 0.3) is 5.91 Å². The van der Waals surface area contributed by atoms with E-state index in [1.54, 1.807) is 6.20 Å². The standard InChI is InChI=1S/C24H26N2O2/c1-19-9-8-10-20(2)24(19)28-18-23(27)26(17-21-11-4-3-5-12-21)16-14-22-13-6-7-15-25-22/h3-13,15H,14,16-18H2,1-2H3. The van der Waals surface area contributed by atoms with Gasteiger partial charge >= 0.3 is 0 Å². The molecule has 1 aromatic heterocycles. The second-order valence-corrected chi connectivity index (χ2v) is 6.88. The molecule has 1 heterocycles. The Bertz CT molecular complexity index is 875. The minimum Gasteiger partial charge on any atom is -0.483 e. The first-order chi connectivity index (χ1) is 13.6. The Morgan fingerprint density at radius 1 is 0.929 bits per heavy atom. The molecular formula is C24H26N2O2. The van der Waals surface area contributed by atoms with E-state index in [1.165, 1.54) is 0 Å². The Balaban J connectivity index is 1.68. The molecule has 0 saturated heterocycles. The summed E-state index contributed by atoms with van der Waals surface area (Å²) < 4.78 is 5.89. The third-order valence-corrected chi connectivity index (χ3v) is 4.68. The first-order valence-corrected chi connectivity index (χ1v) is 9.54. The topological polar surface area (TPSA) is 42.4 Å². The second kappa shape index (κ2) is 9.70. The number of para-hydroxylation sites is 1. The second-order valence-electron chi connectivity index (χ2n) is 6.88. The van der Waals surface area contributed by atoms with Crippen molar-refractivity contribution < 1.29 is 9.53 Å². The summed E-state index contributed by atoms with van der Waals surface area (Å²) in [5.41, 5.74) is 4.15. The lowest BCUT2D eigenvalue weighted by molar-refractivity contribution is -0.134. The average molecular weight is 374 g/mol. The van der Waals surface area contributed by atoms with Crippen molar-refractivity contribution in [1.29, 1.82) is 0 Å². The van der Waals surface area contributed by atoms with Crippen molar-refractivity contribution in [2.24, 2.45) is 0 Å². The van der Waals surface area contributed by atoms with Crippen LogP contribution in [-0.4, -0.2) is 28.9 Å². The SMILES string of the molecule is Cc1cccc(C)c1OCC(=O)N(CCc1ccccn1)Cc1ccccc1. The lowest BCUT2D eigenvalue weighted by Gasteiger charge is -2.23. The van der Waals surface area contributed by atoms with Crippen molar-refractivity contribution in [3.63, 3.8) is 0 Å². The molecule has 4 nitrogen and oxygen atoms in total. The van der Waals surface area contributed by atoms with E-state index < -0.39 is 0 Å². The average Bonchev–Trinajstić information content (AvgIpc) is 2.72. The van der Waals surface area contributed by atoms with Crippen molar-refractivity contribution in [2.45, 2.75) is 26.8 Å². The van der Waals surface area contributed by atoms with Crippen LogP contribution in [0.15, 0.2) is 72.9 Å². The molecule has 2 aromatic carbocycles. The molecule has 0 fully saturated rings. The van der Waals surface area contributed by atoms with Gasteiger partial charge in [0.1, 0.15) is 5.75 Å². The van der Waals surface area contributed by atoms with Crippen LogP contribution in [0.3, 0.4) is 0 Å². The number of carbonyl (C=O) groups is 1. The van der Waals surface area contributed by atoms with Gasteiger partial charge in [-0.1, -0.05) is 54.6 Å². The van der Waals surface area contributed by atoms with Crippen molar-refractivity contribution >= 4 is 5.91 Å². The fraction of sp³-hybridized carbons (Fsp3) is 0.250. The molecular weight excluding hydrogens is 348 g/mol. The fourth-order valence-corrected chi connectivity index (χ4v) is 3.14. The number of benzene rings is 2. The highest BCUT2D eigenvalue weighted by Crippen LogP contribution is 2.22. The molecule has 0 atom stereocenters. The molecule has 0 bridgehead atoms. The molecule has 0 unspecified atom stereocenters. The molecule has 28 heavy (non-hydrogen) atoms. The summed E-state index contributed by atoms with van der Waals surface area (Å²) in [6, 6.07) is 21.9. The van der Waals surface area contributed by atoms with Crippen molar-refractivity contribution in [1.82, 2.24) is 9.88 Å². The van der Waals surface area contributed by atoms with Crippen LogP contribution >= 0.6 is 0 Å². The number of aromatic nitrogens is 1. The molecule has 0 saturated carbocycles. The Kier molecular flexibility index (Phi) is 6.79. The number of amides is 1. The molecule has 0 radical (unpaired) electrons. The van der Waals surface area contributed by atoms with Crippen molar-refractivity contribution in [3.8, 4) is 5.75 Å². The van der Waals surface area contributed by atoms with Crippen LogP contribution < -0.4 is 4.74 Å². The van der Waals surface area contributed by atoms with Crippen molar-refractivity contribution in [3.05, 3.63) is 95.3 Å². The molecule has 0 spiro atoms. The maximum atomic E-state index is 12.9. The smallest absolute Gasteiger partial charge is 0.260 e. The molecule has 0 aliphatic carbocycles. The van der Waals surface area contributed by atoms with Crippen LogP contribution in [-0.2, 0) is 17.8 Å². The molecule has 144 valence electrons. The summed E-state index contributed by atoms with van der Waals surface area (Å²) in [6.45, 7) is 5.18. The van der Waals surface area contributed by atoms with E-state index in [1.807, 2.05) is 85.5 Å². The molecule has 3 aromatic rings. The zero-order valence-corrected chi connectivity index (χ0v) is 16.5. The molecule has 0 aliphatic rings. The van der Waals surface area contributed by atoms with E-state index in [9.17, 15) is 4.79 Å². The zero-order chi connectivity index (χ0) is 19.8. The van der Waals surface area contributed by atoms with Crippen LogP contribution in [0, 0.1) is 13.8 Å². The summed E-state index contributed by atoms with van der Waals surface area (Å²) in [5, 5.41) is 0. The van der Waals surface area contributed by atoms with Crippen LogP contribution in [0.2, 0.25) is 0 Å². The van der Waals surface area contributed by atoms with Gasteiger partial charge in [0.05, 0.1) is 0 Å². The van der Waals surface area contributed by atoms with Gasteiger partial charge in [-0.15, -0.1) is 0 Å². The van der Waals surface area contributed by atoms with Gasteiger partial charge in [-0.3, -0.25) is 9.78 Å². The van der Waals surface area contributed by atoms with E-state index in [-0.39, 0.29) is 12.5 Å². The van der Waals surface area contributed by atoms with Gasteiger partial charge in [-0.05, 0) is 42.7 Å². The lowest BCUT2D eigenvalue weighted by Crippen LogP contribution is -2.36. The van der Waals surface area contributed by atoms with Gasteiger partial charge in [-0.25, -0.2) is 0 Å². The molecule has 4 heteroatoms. The number of carbonyl (C=O) groups excluding carboxylic acids is 1. The number of nitrogens with zero attached hydrogens (tertiary/aromatic N) is 2. The minimum atomic E-state index is -0.0255. The maximum absolute atomic E-state index is 12.9. The first-order valence-electron chi connectivity index (χ1n) is 9.54. The monoisotopic (exact) mass is 374 g/mol. The van der Waals surface area contributed by atoms with E-state index >= 15 is 0 Å². The Morgan fingerprint density at radius 3 is 2.32 bits per heavy atom. The zero-order valence-electron chi connectivity index (χ0n) is 16.5. The highest BCUT2D eigenvalue weighted by atomic mass is 16.5. The van der Waals surface area contributed by atoms with E-state index in [4.69, 9.17) is 4.74 Å². The van der Waals surface area contributed by atoms with Gasteiger partial charge in [0.15, 0.2) is 6.61 Å². The first kappa shape index (κ1) is 19.6. The molecule has 3 rings (SSSR count). The van der Waals surface area contributed by atoms with Crippen LogP contribution in [0.25, 0.3) is 0 Å². The molecule has 0 N–H and O–H groups in total. The van der Waals surface area contributed by atoms with Crippen LogP contribution in [0.1, 0.15) is 22.4 Å². The van der Waals surface area contributed by atoms with Gasteiger partial charge in [-0.2, -0.15) is 0 Å². The highest BCUT2D eigenvalue weighted by molar-refractivity contribution is 5.78. The summed E-state index contributed by atoms with van der Waals surface area (Å²) in [5.74, 6) is 0.766. The number of ether oxygens (including phenoxy) is 1. The highest BCUT2D eigenvalue weighted by Gasteiger charge is 2.16. The predicted octanol–water partition coefficient (Wildman–Crippen LogP) is 4.35. The Hall–Kier alpha value is -3.14. The minimum absolute atomic E-state index is 0.0255. The van der Waals surface area contributed by atoms with Gasteiger partial charge in [0.2, 0.25) is 0 Å².